The molecule has 1 N–H and O–H groups in total. The highest BCUT2D eigenvalue weighted by molar-refractivity contribution is 5.94. The number of fused-ring (bicyclic) bond motifs is 1. The predicted molar refractivity (Wildman–Crippen MR) is 67.4 cm³/mol. The molecule has 0 aromatic rings. The van der Waals surface area contributed by atoms with E-state index in [4.69, 9.17) is 0 Å². The van der Waals surface area contributed by atoms with Gasteiger partial charge in [-0.3, -0.25) is 9.79 Å². The number of hydrogen-bond donors (Lipinski definition) is 1. The van der Waals surface area contributed by atoms with E-state index in [9.17, 15) is 4.79 Å². The number of carbonyl (C=O) groups is 1. The first-order valence-electron chi connectivity index (χ1n) is 5.79. The quantitative estimate of drug-likeness (QED) is 0.669. The summed E-state index contributed by atoms with van der Waals surface area (Å²) in [4.78, 5) is 15.5. The van der Waals surface area contributed by atoms with E-state index in [0.717, 1.165) is 5.57 Å². The average molecular weight is 220 g/mol. The van der Waals surface area contributed by atoms with Crippen molar-refractivity contribution in [3.63, 3.8) is 0 Å². The molecule has 2 aliphatic rings. The molecule has 0 radical (unpaired) electrons. The molecule has 2 heterocycles. The van der Waals surface area contributed by atoms with E-state index < -0.39 is 0 Å². The van der Waals surface area contributed by atoms with Gasteiger partial charge in [0.2, 0.25) is 5.91 Å². The number of nitrogens with zero attached hydrogens (tertiary/aromatic N) is 1. The Morgan fingerprint density at radius 3 is 2.62 bits per heavy atom. The van der Waals surface area contributed by atoms with Crippen LogP contribution in [0.1, 0.15) is 34.1 Å². The Morgan fingerprint density at radius 1 is 1.38 bits per heavy atom. The van der Waals surface area contributed by atoms with Crippen molar-refractivity contribution in [1.82, 2.24) is 5.32 Å². The molecule has 0 fully saturated rings. The second kappa shape index (κ2) is 5.64. The number of hydrogen-bond acceptors (Lipinski definition) is 2. The minimum Gasteiger partial charge on any atom is -0.330 e. The number of carbonyl (C=O) groups excluding carboxylic acids is 1. The number of aliphatic imine (C=N–C) groups is 1. The molecule has 0 aromatic heterocycles. The molecule has 3 nitrogen and oxygen atoms in total. The van der Waals surface area contributed by atoms with Crippen LogP contribution in [0, 0.1) is 5.92 Å². The van der Waals surface area contributed by atoms with Gasteiger partial charge >= 0.3 is 0 Å². The molecule has 1 amide bonds. The minimum atomic E-state index is -0.0822. The van der Waals surface area contributed by atoms with E-state index in [2.05, 4.69) is 31.1 Å². The fourth-order valence-corrected chi connectivity index (χ4v) is 1.65. The van der Waals surface area contributed by atoms with Gasteiger partial charge < -0.3 is 5.32 Å². The first-order valence-corrected chi connectivity index (χ1v) is 5.79. The van der Waals surface area contributed by atoms with Crippen LogP contribution in [0.4, 0.5) is 0 Å². The molecule has 88 valence electrons. The van der Waals surface area contributed by atoms with Gasteiger partial charge in [0.05, 0.1) is 0 Å². The molecule has 0 saturated heterocycles. The Hall–Kier alpha value is -1.38. The zero-order valence-corrected chi connectivity index (χ0v) is 10.4. The number of amides is 1. The fourth-order valence-electron chi connectivity index (χ4n) is 1.65. The van der Waals surface area contributed by atoms with Crippen molar-refractivity contribution in [3.8, 4) is 0 Å². The van der Waals surface area contributed by atoms with Gasteiger partial charge in [-0.05, 0) is 19.9 Å². The van der Waals surface area contributed by atoms with Crippen molar-refractivity contribution in [3.05, 3.63) is 23.3 Å². The molecule has 0 bridgehead atoms. The lowest BCUT2D eigenvalue weighted by atomic mass is 9.90. The van der Waals surface area contributed by atoms with Crippen LogP contribution in [-0.4, -0.2) is 18.3 Å². The van der Waals surface area contributed by atoms with E-state index in [0.29, 0.717) is 0 Å². The van der Waals surface area contributed by atoms with Crippen molar-refractivity contribution >= 4 is 12.1 Å². The lowest BCUT2D eigenvalue weighted by Gasteiger charge is -2.29. The van der Waals surface area contributed by atoms with Crippen molar-refractivity contribution in [2.24, 2.45) is 10.9 Å². The maximum absolute atomic E-state index is 11.3. The Labute approximate surface area is 97.3 Å². The average Bonchev–Trinajstić information content (AvgIpc) is 2.23. The molecule has 16 heavy (non-hydrogen) atoms. The molecule has 0 spiro atoms. The Balaban J connectivity index is 0.000000386. The van der Waals surface area contributed by atoms with E-state index in [-0.39, 0.29) is 18.0 Å². The Morgan fingerprint density at radius 2 is 2.00 bits per heavy atom. The van der Waals surface area contributed by atoms with Gasteiger partial charge in [0.15, 0.2) is 0 Å². The SMILES string of the molecule is CC1=CC2C(C)=CC=NC2NC1=O.CCC. The third-order valence-electron chi connectivity index (χ3n) is 2.52. The Kier molecular flexibility index (Phi) is 4.47. The van der Waals surface area contributed by atoms with Crippen LogP contribution in [0.15, 0.2) is 28.3 Å². The fraction of sp³-hybridized carbons (Fsp3) is 0.538. The monoisotopic (exact) mass is 220 g/mol. The molecule has 0 aromatic carbocycles. The van der Waals surface area contributed by atoms with Gasteiger partial charge in [-0.1, -0.05) is 31.9 Å². The summed E-state index contributed by atoms with van der Waals surface area (Å²) in [7, 11) is 0. The molecule has 0 aliphatic carbocycles. The first kappa shape index (κ1) is 12.7. The summed E-state index contributed by atoms with van der Waals surface area (Å²) in [6.45, 7) is 8.14. The maximum Gasteiger partial charge on any atom is 0.248 e. The summed E-state index contributed by atoms with van der Waals surface area (Å²) in [5, 5.41) is 2.85. The smallest absolute Gasteiger partial charge is 0.248 e. The van der Waals surface area contributed by atoms with Crippen molar-refractivity contribution in [2.75, 3.05) is 0 Å². The highest BCUT2D eigenvalue weighted by Gasteiger charge is 2.28. The van der Waals surface area contributed by atoms with Crippen LogP contribution < -0.4 is 5.32 Å². The lowest BCUT2D eigenvalue weighted by Crippen LogP contribution is -2.44. The maximum atomic E-state index is 11.3. The van der Waals surface area contributed by atoms with E-state index in [1.165, 1.54) is 12.0 Å². The summed E-state index contributed by atoms with van der Waals surface area (Å²) in [5.74, 6) is 0.246. The molecule has 2 aliphatic heterocycles. The molecule has 2 unspecified atom stereocenters. The van der Waals surface area contributed by atoms with Gasteiger partial charge in [0.1, 0.15) is 6.17 Å². The Bertz CT molecular complexity index is 353. The molecular weight excluding hydrogens is 200 g/mol. The summed E-state index contributed by atoms with van der Waals surface area (Å²) in [6.07, 6.45) is 6.90. The van der Waals surface area contributed by atoms with Crippen LogP contribution in [-0.2, 0) is 4.79 Å². The number of allylic oxidation sites excluding steroid dienone is 1. The minimum absolute atomic E-state index is 0.00639. The zero-order chi connectivity index (χ0) is 12.1. The summed E-state index contributed by atoms with van der Waals surface area (Å²) < 4.78 is 0. The lowest BCUT2D eigenvalue weighted by molar-refractivity contribution is -0.118. The topological polar surface area (TPSA) is 41.5 Å². The van der Waals surface area contributed by atoms with Gasteiger partial charge in [-0.25, -0.2) is 0 Å². The summed E-state index contributed by atoms with van der Waals surface area (Å²) >= 11 is 0. The van der Waals surface area contributed by atoms with Gasteiger partial charge in [-0.15, -0.1) is 0 Å². The molecule has 2 rings (SSSR count). The highest BCUT2D eigenvalue weighted by Crippen LogP contribution is 2.25. The standard InChI is InChI=1S/C10H12N2O.C3H8/c1-6-3-4-11-9-8(6)5-7(2)10(13)12-9;1-3-2/h3-5,8-9H,1-2H3,(H,12,13);3H2,1-2H3. The molecule has 2 atom stereocenters. The van der Waals surface area contributed by atoms with E-state index in [1.54, 1.807) is 6.21 Å². The second-order valence-electron chi connectivity index (χ2n) is 4.21. The summed E-state index contributed by atoms with van der Waals surface area (Å²) in [5.41, 5.74) is 2.03. The van der Waals surface area contributed by atoms with Crippen molar-refractivity contribution in [2.45, 2.75) is 40.3 Å². The van der Waals surface area contributed by atoms with E-state index in [1.807, 2.05) is 19.1 Å². The molecule has 3 heteroatoms. The second-order valence-corrected chi connectivity index (χ2v) is 4.21. The zero-order valence-electron chi connectivity index (χ0n) is 10.4. The third-order valence-corrected chi connectivity index (χ3v) is 2.52. The molecular formula is C13H20N2O. The van der Waals surface area contributed by atoms with Crippen LogP contribution in [0.2, 0.25) is 0 Å². The van der Waals surface area contributed by atoms with Crippen LogP contribution in [0.5, 0.6) is 0 Å². The summed E-state index contributed by atoms with van der Waals surface area (Å²) in [6, 6.07) is 0. The van der Waals surface area contributed by atoms with Crippen LogP contribution in [0.25, 0.3) is 0 Å². The van der Waals surface area contributed by atoms with E-state index >= 15 is 0 Å². The highest BCUT2D eigenvalue weighted by atomic mass is 16.1. The van der Waals surface area contributed by atoms with Crippen LogP contribution in [0.3, 0.4) is 0 Å². The first-order chi connectivity index (χ1) is 7.60. The van der Waals surface area contributed by atoms with Crippen LogP contribution >= 0.6 is 0 Å². The largest absolute Gasteiger partial charge is 0.330 e. The van der Waals surface area contributed by atoms with Gasteiger partial charge in [0, 0.05) is 17.7 Å². The van der Waals surface area contributed by atoms with Gasteiger partial charge in [0.25, 0.3) is 0 Å². The number of nitrogens with one attached hydrogen (secondary N) is 1. The molecule has 0 saturated carbocycles. The normalized spacial score (nSPS) is 26.9. The van der Waals surface area contributed by atoms with Crippen molar-refractivity contribution in [1.29, 1.82) is 0 Å². The van der Waals surface area contributed by atoms with Crippen molar-refractivity contribution < 1.29 is 4.79 Å². The number of rotatable bonds is 0. The third kappa shape index (κ3) is 2.81. The predicted octanol–water partition coefficient (Wildman–Crippen LogP) is 2.45. The number of dihydropyridines is 1. The van der Waals surface area contributed by atoms with Gasteiger partial charge in [-0.2, -0.15) is 0 Å².